The molecule has 3 heterocycles. The van der Waals surface area contributed by atoms with Crippen molar-refractivity contribution < 1.29 is 4.52 Å². The largest absolute Gasteiger partial charge is 0.357 e. The van der Waals surface area contributed by atoms with Crippen molar-refractivity contribution in [2.24, 2.45) is 5.73 Å². The molecular formula is C16H22ClN5O. The molecule has 23 heavy (non-hydrogen) atoms. The lowest BCUT2D eigenvalue weighted by atomic mass is 9.99. The van der Waals surface area contributed by atoms with Crippen LogP contribution in [-0.2, 0) is 5.54 Å². The summed E-state index contributed by atoms with van der Waals surface area (Å²) >= 11 is 0. The van der Waals surface area contributed by atoms with Crippen LogP contribution >= 0.6 is 12.4 Å². The van der Waals surface area contributed by atoms with E-state index in [2.05, 4.69) is 20.0 Å². The number of anilines is 1. The van der Waals surface area contributed by atoms with Crippen LogP contribution in [0.3, 0.4) is 0 Å². The zero-order chi connectivity index (χ0) is 15.0. The average Bonchev–Trinajstić information content (AvgIpc) is 3.29. The van der Waals surface area contributed by atoms with Crippen LogP contribution in [0.1, 0.15) is 44.3 Å². The van der Waals surface area contributed by atoms with E-state index in [1.54, 1.807) is 0 Å². The van der Waals surface area contributed by atoms with Crippen molar-refractivity contribution in [2.45, 2.75) is 44.1 Å². The van der Waals surface area contributed by atoms with Gasteiger partial charge in [0, 0.05) is 19.3 Å². The van der Waals surface area contributed by atoms with Crippen molar-refractivity contribution in [1.82, 2.24) is 15.1 Å². The Labute approximate surface area is 141 Å². The molecule has 2 fully saturated rings. The van der Waals surface area contributed by atoms with Gasteiger partial charge in [-0.3, -0.25) is 0 Å². The fourth-order valence-corrected chi connectivity index (χ4v) is 3.42. The summed E-state index contributed by atoms with van der Waals surface area (Å²) in [6.07, 6.45) is 8.42. The second-order valence-electron chi connectivity index (χ2n) is 6.39. The summed E-state index contributed by atoms with van der Waals surface area (Å²) in [5.74, 6) is 2.16. The Morgan fingerprint density at radius 3 is 2.48 bits per heavy atom. The van der Waals surface area contributed by atoms with Crippen molar-refractivity contribution in [3.05, 3.63) is 24.2 Å². The quantitative estimate of drug-likeness (QED) is 0.928. The maximum absolute atomic E-state index is 6.37. The lowest BCUT2D eigenvalue weighted by molar-refractivity contribution is 0.372. The van der Waals surface area contributed by atoms with Gasteiger partial charge in [0.15, 0.2) is 5.82 Å². The summed E-state index contributed by atoms with van der Waals surface area (Å²) in [5.41, 5.74) is 6.81. The molecule has 0 unspecified atom stereocenters. The first kappa shape index (κ1) is 16.2. The van der Waals surface area contributed by atoms with E-state index in [0.717, 1.165) is 50.2 Å². The first-order valence-electron chi connectivity index (χ1n) is 8.09. The molecular weight excluding hydrogens is 314 g/mol. The van der Waals surface area contributed by atoms with Gasteiger partial charge >= 0.3 is 0 Å². The normalized spacial score (nSPS) is 19.8. The molecule has 0 aromatic carbocycles. The Hall–Kier alpha value is -1.66. The minimum Gasteiger partial charge on any atom is -0.357 e. The van der Waals surface area contributed by atoms with Crippen LogP contribution in [0.5, 0.6) is 0 Å². The van der Waals surface area contributed by atoms with E-state index >= 15 is 0 Å². The molecule has 1 aliphatic heterocycles. The highest BCUT2D eigenvalue weighted by molar-refractivity contribution is 5.85. The molecule has 1 aliphatic carbocycles. The zero-order valence-electron chi connectivity index (χ0n) is 13.1. The average molecular weight is 336 g/mol. The summed E-state index contributed by atoms with van der Waals surface area (Å²) in [6.45, 7) is 2.18. The van der Waals surface area contributed by atoms with Gasteiger partial charge in [0.1, 0.15) is 5.82 Å². The van der Waals surface area contributed by atoms with Crippen LogP contribution in [0.25, 0.3) is 11.5 Å². The van der Waals surface area contributed by atoms with Crippen molar-refractivity contribution in [3.63, 3.8) is 0 Å². The first-order chi connectivity index (χ1) is 10.7. The molecule has 124 valence electrons. The minimum atomic E-state index is -0.412. The molecule has 2 aliphatic rings. The van der Waals surface area contributed by atoms with Gasteiger partial charge in [-0.05, 0) is 37.8 Å². The molecule has 0 radical (unpaired) electrons. The molecule has 6 nitrogen and oxygen atoms in total. The highest BCUT2D eigenvalue weighted by Gasteiger charge is 2.36. The molecule has 2 aromatic heterocycles. The van der Waals surface area contributed by atoms with Gasteiger partial charge in [-0.15, -0.1) is 12.4 Å². The van der Waals surface area contributed by atoms with Crippen molar-refractivity contribution >= 4 is 18.2 Å². The summed E-state index contributed by atoms with van der Waals surface area (Å²) in [7, 11) is 0. The zero-order valence-corrected chi connectivity index (χ0v) is 13.9. The number of aromatic nitrogens is 3. The van der Waals surface area contributed by atoms with Crippen LogP contribution in [0.4, 0.5) is 5.82 Å². The molecule has 1 saturated carbocycles. The summed E-state index contributed by atoms with van der Waals surface area (Å²) < 4.78 is 5.40. The number of pyridine rings is 1. The SMILES string of the molecule is Cl.NC1(c2noc(-c3ccc(N4CCCC4)nc3)n2)CCCC1. The fraction of sp³-hybridized carbons (Fsp3) is 0.562. The molecule has 1 saturated heterocycles. The third kappa shape index (κ3) is 3.05. The van der Waals surface area contributed by atoms with Crippen LogP contribution in [-0.4, -0.2) is 28.2 Å². The minimum absolute atomic E-state index is 0. The molecule has 4 rings (SSSR count). The molecule has 7 heteroatoms. The van der Waals surface area contributed by atoms with Crippen LogP contribution in [0, 0.1) is 0 Å². The van der Waals surface area contributed by atoms with Crippen molar-refractivity contribution in [1.29, 1.82) is 0 Å². The van der Waals surface area contributed by atoms with Crippen molar-refractivity contribution in [2.75, 3.05) is 18.0 Å². The topological polar surface area (TPSA) is 81.1 Å². The molecule has 2 aromatic rings. The van der Waals surface area contributed by atoms with E-state index in [1.807, 2.05) is 18.3 Å². The predicted molar refractivity (Wildman–Crippen MR) is 90.6 cm³/mol. The number of nitrogens with zero attached hydrogens (tertiary/aromatic N) is 4. The summed E-state index contributed by atoms with van der Waals surface area (Å²) in [6, 6.07) is 4.02. The number of nitrogens with two attached hydrogens (primary N) is 1. The second-order valence-corrected chi connectivity index (χ2v) is 6.39. The first-order valence-corrected chi connectivity index (χ1v) is 8.09. The Morgan fingerprint density at radius 2 is 1.83 bits per heavy atom. The lowest BCUT2D eigenvalue weighted by Gasteiger charge is -2.17. The smallest absolute Gasteiger partial charge is 0.259 e. The molecule has 2 N–H and O–H groups in total. The van der Waals surface area contributed by atoms with Gasteiger partial charge in [-0.1, -0.05) is 18.0 Å². The maximum Gasteiger partial charge on any atom is 0.259 e. The van der Waals surface area contributed by atoms with E-state index < -0.39 is 5.54 Å². The highest BCUT2D eigenvalue weighted by atomic mass is 35.5. The van der Waals surface area contributed by atoms with E-state index in [0.29, 0.717) is 11.7 Å². The summed E-state index contributed by atoms with van der Waals surface area (Å²) in [4.78, 5) is 11.3. The monoisotopic (exact) mass is 335 g/mol. The van der Waals surface area contributed by atoms with Crippen LogP contribution < -0.4 is 10.6 Å². The molecule has 0 bridgehead atoms. The fourth-order valence-electron chi connectivity index (χ4n) is 3.42. The highest BCUT2D eigenvalue weighted by Crippen LogP contribution is 2.35. The van der Waals surface area contributed by atoms with Gasteiger partial charge in [-0.2, -0.15) is 4.98 Å². The van der Waals surface area contributed by atoms with Gasteiger partial charge in [0.05, 0.1) is 11.1 Å². The number of rotatable bonds is 3. The lowest BCUT2D eigenvalue weighted by Crippen LogP contribution is -2.34. The second kappa shape index (κ2) is 6.45. The molecule has 0 atom stereocenters. The van der Waals surface area contributed by atoms with Gasteiger partial charge in [-0.25, -0.2) is 4.98 Å². The van der Waals surface area contributed by atoms with Crippen molar-refractivity contribution in [3.8, 4) is 11.5 Å². The Kier molecular flexibility index (Phi) is 4.55. The predicted octanol–water partition coefficient (Wildman–Crippen LogP) is 2.88. The molecule has 0 amide bonds. The van der Waals surface area contributed by atoms with E-state index in [4.69, 9.17) is 10.3 Å². The number of hydrogen-bond acceptors (Lipinski definition) is 6. The van der Waals surface area contributed by atoms with Crippen LogP contribution in [0.15, 0.2) is 22.9 Å². The van der Waals surface area contributed by atoms with Gasteiger partial charge in [0.2, 0.25) is 0 Å². The number of hydrogen-bond donors (Lipinski definition) is 1. The van der Waals surface area contributed by atoms with E-state index in [-0.39, 0.29) is 12.4 Å². The van der Waals surface area contributed by atoms with Gasteiger partial charge in [0.25, 0.3) is 5.89 Å². The standard InChI is InChI=1S/C16H21N5O.ClH/c17-16(7-1-2-8-16)15-19-14(22-20-15)12-5-6-13(18-11-12)21-9-3-4-10-21;/h5-6,11H,1-4,7-10,17H2;1H. The Morgan fingerprint density at radius 1 is 1.09 bits per heavy atom. The van der Waals surface area contributed by atoms with E-state index in [1.165, 1.54) is 12.8 Å². The maximum atomic E-state index is 6.37. The number of halogens is 1. The molecule has 0 spiro atoms. The third-order valence-corrected chi connectivity index (χ3v) is 4.79. The van der Waals surface area contributed by atoms with E-state index in [9.17, 15) is 0 Å². The van der Waals surface area contributed by atoms with Gasteiger partial charge < -0.3 is 15.2 Å². The summed E-state index contributed by atoms with van der Waals surface area (Å²) in [5, 5.41) is 4.10. The Balaban J connectivity index is 0.00000156. The third-order valence-electron chi connectivity index (χ3n) is 4.79. The van der Waals surface area contributed by atoms with Crippen LogP contribution in [0.2, 0.25) is 0 Å². The Bertz CT molecular complexity index is 645.